The summed E-state index contributed by atoms with van der Waals surface area (Å²) in [6, 6.07) is 19.7. The molecule has 30 heavy (non-hydrogen) atoms. The molecule has 2 heterocycles. The number of carbonyl (C=O) groups excluding carboxylic acids is 1. The van der Waals surface area contributed by atoms with E-state index in [0.717, 1.165) is 11.1 Å². The van der Waals surface area contributed by atoms with Gasteiger partial charge in [0.05, 0.1) is 17.9 Å². The van der Waals surface area contributed by atoms with Crippen molar-refractivity contribution in [1.29, 1.82) is 0 Å². The van der Waals surface area contributed by atoms with E-state index < -0.39 is 18.1 Å². The fraction of sp³-hybridized carbons (Fsp3) is 0.0870. The van der Waals surface area contributed by atoms with Gasteiger partial charge in [-0.1, -0.05) is 60.7 Å². The van der Waals surface area contributed by atoms with E-state index >= 15 is 0 Å². The Kier molecular flexibility index (Phi) is 5.83. The van der Waals surface area contributed by atoms with Crippen molar-refractivity contribution >= 4 is 23.1 Å². The van der Waals surface area contributed by atoms with Crippen molar-refractivity contribution in [3.05, 3.63) is 101 Å². The number of anilines is 1. The van der Waals surface area contributed by atoms with E-state index in [0.29, 0.717) is 11.3 Å². The monoisotopic (exact) mass is 416 g/mol. The van der Waals surface area contributed by atoms with E-state index in [1.165, 1.54) is 11.3 Å². The Morgan fingerprint density at radius 2 is 1.67 bits per heavy atom. The lowest BCUT2D eigenvalue weighted by atomic mass is 9.95. The van der Waals surface area contributed by atoms with Gasteiger partial charge in [-0.2, -0.15) is 11.3 Å². The Labute approximate surface area is 178 Å². The van der Waals surface area contributed by atoms with E-state index in [9.17, 15) is 9.90 Å². The number of aliphatic hydroxyl groups excluding tert-OH is 1. The van der Waals surface area contributed by atoms with Crippen LogP contribution in [0.5, 0.6) is 0 Å². The van der Waals surface area contributed by atoms with E-state index in [2.05, 4.69) is 15.3 Å². The van der Waals surface area contributed by atoms with E-state index in [-0.39, 0.29) is 11.5 Å². The van der Waals surface area contributed by atoms with Crippen molar-refractivity contribution in [2.24, 2.45) is 0 Å². The molecule has 0 aliphatic heterocycles. The third kappa shape index (κ3) is 4.22. The quantitative estimate of drug-likeness (QED) is 0.441. The Balaban J connectivity index is 1.66. The number of hydrogen-bond acceptors (Lipinski definition) is 6. The lowest BCUT2D eigenvalue weighted by molar-refractivity contribution is 0.0827. The van der Waals surface area contributed by atoms with Crippen LogP contribution in [0.4, 0.5) is 5.82 Å². The fourth-order valence-electron chi connectivity index (χ4n) is 3.17. The van der Waals surface area contributed by atoms with Crippen molar-refractivity contribution in [3.63, 3.8) is 0 Å². The van der Waals surface area contributed by atoms with Crippen molar-refractivity contribution < 1.29 is 9.90 Å². The minimum atomic E-state index is -0.952. The summed E-state index contributed by atoms with van der Waals surface area (Å²) in [5.41, 5.74) is 8.87. The third-order valence-electron chi connectivity index (χ3n) is 4.73. The molecule has 0 saturated carbocycles. The second kappa shape index (κ2) is 8.86. The van der Waals surface area contributed by atoms with Crippen LogP contribution in [0.15, 0.2) is 83.7 Å². The number of nitrogens with zero attached hydrogens (tertiary/aromatic N) is 2. The molecule has 4 aromatic rings. The molecular weight excluding hydrogens is 396 g/mol. The highest BCUT2D eigenvalue weighted by Gasteiger charge is 2.26. The summed E-state index contributed by atoms with van der Waals surface area (Å²) in [6.45, 7) is 0. The topological polar surface area (TPSA) is 101 Å². The zero-order valence-corrected chi connectivity index (χ0v) is 16.8. The number of benzene rings is 2. The normalized spacial score (nSPS) is 12.8. The van der Waals surface area contributed by atoms with Crippen molar-refractivity contribution in [2.75, 3.05) is 5.73 Å². The van der Waals surface area contributed by atoms with Gasteiger partial charge in [-0.25, -0.2) is 9.97 Å². The summed E-state index contributed by atoms with van der Waals surface area (Å²) >= 11 is 1.53. The molecule has 0 unspecified atom stereocenters. The summed E-state index contributed by atoms with van der Waals surface area (Å²) in [7, 11) is 0. The first kappa shape index (κ1) is 19.8. The smallest absolute Gasteiger partial charge is 0.274 e. The van der Waals surface area contributed by atoms with Crippen LogP contribution < -0.4 is 11.1 Å². The van der Waals surface area contributed by atoms with Gasteiger partial charge in [0, 0.05) is 10.9 Å². The van der Waals surface area contributed by atoms with Crippen LogP contribution >= 0.6 is 11.3 Å². The van der Waals surface area contributed by atoms with Gasteiger partial charge in [-0.15, -0.1) is 0 Å². The second-order valence-electron chi connectivity index (χ2n) is 6.72. The summed E-state index contributed by atoms with van der Waals surface area (Å²) in [6.07, 6.45) is 0.591. The molecule has 0 aliphatic rings. The first-order valence-corrected chi connectivity index (χ1v) is 10.3. The van der Waals surface area contributed by atoms with Crippen molar-refractivity contribution in [2.45, 2.75) is 12.1 Å². The minimum Gasteiger partial charge on any atom is -0.386 e. The highest BCUT2D eigenvalue weighted by atomic mass is 32.1. The molecule has 0 bridgehead atoms. The average molecular weight is 417 g/mol. The van der Waals surface area contributed by atoms with E-state index in [1.54, 1.807) is 6.20 Å². The standard InChI is InChI=1S/C23H20N4O2S/c24-22-20(26-18(13-25-22)17-11-12-30-14-17)23(29)27-19(15-7-3-1-4-8-15)21(28)16-9-5-2-6-10-16/h1-14,19,21,28H,(H2,24,25)(H,27,29)/t19-,21+/m1/s1. The molecule has 4 rings (SSSR count). The maximum Gasteiger partial charge on any atom is 0.274 e. The molecule has 2 aromatic carbocycles. The van der Waals surface area contributed by atoms with Gasteiger partial charge in [-0.3, -0.25) is 4.79 Å². The number of amides is 1. The van der Waals surface area contributed by atoms with Gasteiger partial charge in [0.2, 0.25) is 0 Å². The van der Waals surface area contributed by atoms with Gasteiger partial charge in [0.1, 0.15) is 6.10 Å². The molecule has 150 valence electrons. The van der Waals surface area contributed by atoms with Gasteiger partial charge in [0.25, 0.3) is 5.91 Å². The molecule has 2 aromatic heterocycles. The number of aromatic nitrogens is 2. The molecule has 1 amide bonds. The first-order chi connectivity index (χ1) is 14.6. The van der Waals surface area contributed by atoms with Crippen LogP contribution in [-0.2, 0) is 0 Å². The number of thiophene rings is 1. The maximum atomic E-state index is 13.1. The third-order valence-corrected chi connectivity index (χ3v) is 5.42. The molecule has 0 aliphatic carbocycles. The molecule has 7 heteroatoms. The Bertz CT molecular complexity index is 1120. The van der Waals surface area contributed by atoms with Crippen LogP contribution in [0.1, 0.15) is 33.8 Å². The number of carbonyl (C=O) groups is 1. The molecular formula is C23H20N4O2S. The number of nitrogens with one attached hydrogen (secondary N) is 1. The number of nitrogens with two attached hydrogens (primary N) is 1. The number of rotatable bonds is 6. The van der Waals surface area contributed by atoms with Crippen LogP contribution in [-0.4, -0.2) is 21.0 Å². The second-order valence-corrected chi connectivity index (χ2v) is 7.50. The van der Waals surface area contributed by atoms with Crippen LogP contribution in [0.25, 0.3) is 11.3 Å². The molecule has 6 nitrogen and oxygen atoms in total. The Morgan fingerprint density at radius 1 is 1.00 bits per heavy atom. The minimum absolute atomic E-state index is 0.0277. The van der Waals surface area contributed by atoms with Crippen LogP contribution in [0.2, 0.25) is 0 Å². The maximum absolute atomic E-state index is 13.1. The zero-order chi connectivity index (χ0) is 20.9. The Hall–Kier alpha value is -3.55. The highest BCUT2D eigenvalue weighted by molar-refractivity contribution is 7.08. The predicted molar refractivity (Wildman–Crippen MR) is 118 cm³/mol. The Morgan fingerprint density at radius 3 is 2.30 bits per heavy atom. The largest absolute Gasteiger partial charge is 0.386 e. The molecule has 0 fully saturated rings. The summed E-state index contributed by atoms with van der Waals surface area (Å²) in [4.78, 5) is 21.7. The fourth-order valence-corrected chi connectivity index (χ4v) is 3.82. The van der Waals surface area contributed by atoms with Crippen LogP contribution in [0, 0.1) is 0 Å². The van der Waals surface area contributed by atoms with E-state index in [4.69, 9.17) is 5.73 Å². The molecule has 0 saturated heterocycles. The summed E-state index contributed by atoms with van der Waals surface area (Å²) in [5, 5.41) is 17.8. The SMILES string of the molecule is Nc1ncc(-c2ccsc2)nc1C(=O)N[C@H](c1ccccc1)[C@@H](O)c1ccccc1. The molecule has 2 atom stereocenters. The summed E-state index contributed by atoms with van der Waals surface area (Å²) < 4.78 is 0. The van der Waals surface area contributed by atoms with Gasteiger partial charge >= 0.3 is 0 Å². The lowest BCUT2D eigenvalue weighted by Gasteiger charge is -2.25. The number of aliphatic hydroxyl groups is 1. The number of hydrogen-bond donors (Lipinski definition) is 3. The predicted octanol–water partition coefficient (Wildman–Crippen LogP) is 3.99. The van der Waals surface area contributed by atoms with Crippen molar-refractivity contribution in [1.82, 2.24) is 15.3 Å². The van der Waals surface area contributed by atoms with E-state index in [1.807, 2.05) is 77.5 Å². The number of nitrogen functional groups attached to an aromatic ring is 1. The summed E-state index contributed by atoms with van der Waals surface area (Å²) in [5.74, 6) is -0.464. The zero-order valence-electron chi connectivity index (χ0n) is 16.0. The first-order valence-electron chi connectivity index (χ1n) is 9.37. The lowest BCUT2D eigenvalue weighted by Crippen LogP contribution is -2.34. The average Bonchev–Trinajstić information content (AvgIpc) is 3.33. The van der Waals surface area contributed by atoms with Crippen molar-refractivity contribution in [3.8, 4) is 11.3 Å². The van der Waals surface area contributed by atoms with Crippen LogP contribution in [0.3, 0.4) is 0 Å². The molecule has 4 N–H and O–H groups in total. The molecule has 0 spiro atoms. The highest BCUT2D eigenvalue weighted by Crippen LogP contribution is 2.29. The van der Waals surface area contributed by atoms with Gasteiger partial charge < -0.3 is 16.2 Å². The van der Waals surface area contributed by atoms with Gasteiger partial charge in [-0.05, 0) is 22.6 Å². The van der Waals surface area contributed by atoms with Gasteiger partial charge in [0.15, 0.2) is 11.5 Å². The molecule has 0 radical (unpaired) electrons.